The molecule has 0 aliphatic carbocycles. The number of aromatic nitrogens is 4. The molecule has 0 aliphatic heterocycles. The quantitative estimate of drug-likeness (QED) is 0.768. The van der Waals surface area contributed by atoms with Crippen LogP contribution >= 0.6 is 11.6 Å². The molecule has 7 nitrogen and oxygen atoms in total. The van der Waals surface area contributed by atoms with Crippen LogP contribution in [-0.4, -0.2) is 25.8 Å². The lowest BCUT2D eigenvalue weighted by atomic mass is 10.2. The molecule has 0 unspecified atom stereocenters. The highest BCUT2D eigenvalue weighted by Gasteiger charge is 2.16. The average molecular weight is 346 g/mol. The van der Waals surface area contributed by atoms with Crippen molar-refractivity contribution in [3.8, 4) is 0 Å². The van der Waals surface area contributed by atoms with Gasteiger partial charge >= 0.3 is 0 Å². The summed E-state index contributed by atoms with van der Waals surface area (Å²) in [6, 6.07) is 4.83. The zero-order chi connectivity index (χ0) is 17.1. The van der Waals surface area contributed by atoms with Crippen LogP contribution in [0.2, 0.25) is 5.02 Å². The van der Waals surface area contributed by atoms with E-state index in [4.69, 9.17) is 16.1 Å². The van der Waals surface area contributed by atoms with Gasteiger partial charge in [-0.25, -0.2) is 0 Å². The van der Waals surface area contributed by atoms with Gasteiger partial charge in [0.2, 0.25) is 0 Å². The fraction of sp³-hybridized carbons (Fsp3) is 0.250. The summed E-state index contributed by atoms with van der Waals surface area (Å²) in [5.74, 6) is 0.228. The molecule has 1 N–H and O–H groups in total. The van der Waals surface area contributed by atoms with Crippen molar-refractivity contribution in [2.24, 2.45) is 0 Å². The Morgan fingerprint density at radius 2 is 2.25 bits per heavy atom. The Morgan fingerprint density at radius 3 is 2.92 bits per heavy atom. The Kier molecular flexibility index (Phi) is 4.61. The number of carbonyl (C=O) groups is 1. The van der Waals surface area contributed by atoms with Gasteiger partial charge in [-0.1, -0.05) is 16.8 Å². The molecule has 1 atom stereocenters. The second-order valence-corrected chi connectivity index (χ2v) is 5.93. The first-order valence-electron chi connectivity index (χ1n) is 7.38. The SMILES string of the molecule is Cc1cnn(Cc2cc(C(=O)N[C@@H](C)c3ccc(Cl)cn3)no2)c1. The fourth-order valence-corrected chi connectivity index (χ4v) is 2.31. The maximum atomic E-state index is 12.3. The van der Waals surface area contributed by atoms with Crippen LogP contribution in [0.3, 0.4) is 0 Å². The van der Waals surface area contributed by atoms with Crippen LogP contribution in [0.1, 0.15) is 40.5 Å². The molecule has 24 heavy (non-hydrogen) atoms. The summed E-state index contributed by atoms with van der Waals surface area (Å²) in [5.41, 5.74) is 1.98. The lowest BCUT2D eigenvalue weighted by Crippen LogP contribution is -2.27. The highest BCUT2D eigenvalue weighted by atomic mass is 35.5. The van der Waals surface area contributed by atoms with Gasteiger partial charge in [0.05, 0.1) is 23.0 Å². The minimum Gasteiger partial charge on any atom is -0.359 e. The van der Waals surface area contributed by atoms with Crippen molar-refractivity contribution in [2.45, 2.75) is 26.4 Å². The molecule has 124 valence electrons. The van der Waals surface area contributed by atoms with E-state index in [9.17, 15) is 4.79 Å². The molecule has 0 aromatic carbocycles. The second-order valence-electron chi connectivity index (χ2n) is 5.49. The van der Waals surface area contributed by atoms with Gasteiger partial charge < -0.3 is 9.84 Å². The molecule has 3 aromatic heterocycles. The summed E-state index contributed by atoms with van der Waals surface area (Å²) < 4.78 is 6.92. The van der Waals surface area contributed by atoms with Gasteiger partial charge in [0.15, 0.2) is 11.5 Å². The lowest BCUT2D eigenvalue weighted by molar-refractivity contribution is 0.0930. The molecule has 1 amide bonds. The van der Waals surface area contributed by atoms with E-state index in [0.717, 1.165) is 5.56 Å². The van der Waals surface area contributed by atoms with Gasteiger partial charge in [-0.15, -0.1) is 0 Å². The maximum Gasteiger partial charge on any atom is 0.273 e. The molecule has 0 saturated carbocycles. The van der Waals surface area contributed by atoms with Crippen molar-refractivity contribution in [3.05, 3.63) is 64.5 Å². The molecule has 0 bridgehead atoms. The summed E-state index contributed by atoms with van der Waals surface area (Å²) in [6.07, 6.45) is 5.18. The van der Waals surface area contributed by atoms with E-state index in [1.165, 1.54) is 0 Å². The third-order valence-electron chi connectivity index (χ3n) is 3.41. The summed E-state index contributed by atoms with van der Waals surface area (Å²) in [5, 5.41) is 11.4. The highest BCUT2D eigenvalue weighted by molar-refractivity contribution is 6.30. The van der Waals surface area contributed by atoms with Crippen LogP contribution in [0, 0.1) is 6.92 Å². The molecule has 3 rings (SSSR count). The Labute approximate surface area is 143 Å². The largest absolute Gasteiger partial charge is 0.359 e. The van der Waals surface area contributed by atoms with Gasteiger partial charge in [0, 0.05) is 18.5 Å². The van der Waals surface area contributed by atoms with Crippen molar-refractivity contribution in [1.82, 2.24) is 25.2 Å². The van der Waals surface area contributed by atoms with Crippen LogP contribution in [0.4, 0.5) is 0 Å². The van der Waals surface area contributed by atoms with E-state index in [1.54, 1.807) is 35.3 Å². The number of nitrogens with one attached hydrogen (secondary N) is 1. The first-order valence-corrected chi connectivity index (χ1v) is 7.76. The number of hydrogen-bond donors (Lipinski definition) is 1. The Morgan fingerprint density at radius 1 is 1.42 bits per heavy atom. The lowest BCUT2D eigenvalue weighted by Gasteiger charge is -2.11. The van der Waals surface area contributed by atoms with E-state index >= 15 is 0 Å². The molecule has 0 spiro atoms. The number of nitrogens with zero attached hydrogens (tertiary/aromatic N) is 4. The minimum atomic E-state index is -0.328. The Hall–Kier alpha value is -2.67. The Balaban J connectivity index is 1.64. The van der Waals surface area contributed by atoms with E-state index in [2.05, 4.69) is 20.6 Å². The number of hydrogen-bond acceptors (Lipinski definition) is 5. The highest BCUT2D eigenvalue weighted by Crippen LogP contribution is 2.14. The zero-order valence-corrected chi connectivity index (χ0v) is 14.0. The minimum absolute atomic E-state index is 0.217. The van der Waals surface area contributed by atoms with Gasteiger partial charge in [0.1, 0.15) is 6.54 Å². The average Bonchev–Trinajstić information content (AvgIpc) is 3.17. The van der Waals surface area contributed by atoms with Gasteiger partial charge in [0.25, 0.3) is 5.91 Å². The number of aryl methyl sites for hydroxylation is 1. The molecule has 0 saturated heterocycles. The molecule has 0 aliphatic rings. The van der Waals surface area contributed by atoms with Crippen molar-refractivity contribution >= 4 is 17.5 Å². The van der Waals surface area contributed by atoms with Crippen molar-refractivity contribution in [1.29, 1.82) is 0 Å². The Bertz CT molecular complexity index is 840. The van der Waals surface area contributed by atoms with Crippen LogP contribution in [-0.2, 0) is 6.54 Å². The first-order chi connectivity index (χ1) is 11.5. The van der Waals surface area contributed by atoms with E-state index in [-0.39, 0.29) is 17.6 Å². The van der Waals surface area contributed by atoms with Gasteiger partial charge in [-0.2, -0.15) is 5.10 Å². The fourth-order valence-electron chi connectivity index (χ4n) is 2.20. The van der Waals surface area contributed by atoms with Gasteiger partial charge in [-0.05, 0) is 31.5 Å². The maximum absolute atomic E-state index is 12.3. The standard InChI is InChI=1S/C16H16ClN5O2/c1-10-6-19-22(8-10)9-13-5-15(21-24-13)16(23)20-11(2)14-4-3-12(17)7-18-14/h3-8,11H,9H2,1-2H3,(H,20,23)/t11-/m0/s1. The van der Waals surface area contributed by atoms with Crippen LogP contribution < -0.4 is 5.32 Å². The summed E-state index contributed by atoms with van der Waals surface area (Å²) in [4.78, 5) is 16.4. The predicted molar refractivity (Wildman–Crippen MR) is 87.7 cm³/mol. The molecule has 0 fully saturated rings. The van der Waals surface area contributed by atoms with Crippen LogP contribution in [0.25, 0.3) is 0 Å². The number of carbonyl (C=O) groups excluding carboxylic acids is 1. The molecule has 3 heterocycles. The number of pyridine rings is 1. The van der Waals surface area contributed by atoms with Crippen LogP contribution in [0.5, 0.6) is 0 Å². The predicted octanol–water partition coefficient (Wildman–Crippen LogP) is 2.77. The summed E-state index contributed by atoms with van der Waals surface area (Å²) in [6.45, 7) is 4.21. The molecule has 0 radical (unpaired) electrons. The third kappa shape index (κ3) is 3.80. The zero-order valence-electron chi connectivity index (χ0n) is 13.2. The van der Waals surface area contributed by atoms with Crippen molar-refractivity contribution < 1.29 is 9.32 Å². The number of halogens is 1. The first kappa shape index (κ1) is 16.2. The number of rotatable bonds is 5. The molecular formula is C16H16ClN5O2. The monoisotopic (exact) mass is 345 g/mol. The molecular weight excluding hydrogens is 330 g/mol. The molecule has 3 aromatic rings. The number of amides is 1. The van der Waals surface area contributed by atoms with Crippen molar-refractivity contribution in [2.75, 3.05) is 0 Å². The van der Waals surface area contributed by atoms with Crippen LogP contribution in [0.15, 0.2) is 41.3 Å². The van der Waals surface area contributed by atoms with E-state index in [0.29, 0.717) is 23.0 Å². The van der Waals surface area contributed by atoms with Gasteiger partial charge in [-0.3, -0.25) is 14.5 Å². The molecule has 8 heteroatoms. The normalized spacial score (nSPS) is 12.1. The summed E-state index contributed by atoms with van der Waals surface area (Å²) in [7, 11) is 0. The topological polar surface area (TPSA) is 85.8 Å². The van der Waals surface area contributed by atoms with Crippen molar-refractivity contribution in [3.63, 3.8) is 0 Å². The van der Waals surface area contributed by atoms with E-state index in [1.807, 2.05) is 20.0 Å². The van der Waals surface area contributed by atoms with E-state index < -0.39 is 0 Å². The smallest absolute Gasteiger partial charge is 0.273 e. The summed E-state index contributed by atoms with van der Waals surface area (Å²) >= 11 is 5.81. The second kappa shape index (κ2) is 6.84. The third-order valence-corrected chi connectivity index (χ3v) is 3.64.